The van der Waals surface area contributed by atoms with Crippen LogP contribution in [-0.2, 0) is 19.6 Å². The Morgan fingerprint density at radius 1 is 0.500 bits per heavy atom. The minimum atomic E-state index is -4.57. The van der Waals surface area contributed by atoms with Crippen molar-refractivity contribution >= 4 is 22.1 Å². The molecule has 0 bridgehead atoms. The molecule has 0 saturated carbocycles. The van der Waals surface area contributed by atoms with Gasteiger partial charge in [-0.2, -0.15) is 8.42 Å². The minimum Gasteiger partial charge on any atom is -0.462 e. The summed E-state index contributed by atoms with van der Waals surface area (Å²) in [6.45, 7) is 4.87. The fraction of sp³-hybridized carbons (Fsp3) is 0.727. The first-order chi connectivity index (χ1) is 25.3. The molecule has 0 aliphatic carbocycles. The van der Waals surface area contributed by atoms with Gasteiger partial charge in [-0.05, 0) is 82.4 Å². The van der Waals surface area contributed by atoms with E-state index in [9.17, 15) is 22.6 Å². The highest BCUT2D eigenvalue weighted by Crippen LogP contribution is 2.20. The van der Waals surface area contributed by atoms with Gasteiger partial charge in [-0.25, -0.2) is 9.59 Å². The second-order valence-corrected chi connectivity index (χ2v) is 15.8. The van der Waals surface area contributed by atoms with E-state index in [1.54, 1.807) is 0 Å². The van der Waals surface area contributed by atoms with E-state index >= 15 is 0 Å². The van der Waals surface area contributed by atoms with E-state index in [0.717, 1.165) is 76.3 Å². The molecule has 0 spiro atoms. The standard InChI is InChI=1S/C44H74O7S/c1-3-5-7-9-11-13-15-17-19-21-23-25-27-29-31-33-37-50-43(45)41-36-35-40(52(47,48)49)39-42(41)44(46)51-38-34-32-30-28-26-24-22-20-18-16-14-12-10-8-6-4-2/h21-24,35-36,39H,3-20,25-34,37-38H2,1-2H3,(H,47,48,49)/b23-21+,24-22+. The number of unbranched alkanes of at least 4 members (excludes halogenated alkanes) is 24. The number of carbonyl (C=O) groups is 2. The van der Waals surface area contributed by atoms with Crippen molar-refractivity contribution in [3.63, 3.8) is 0 Å². The predicted octanol–water partition coefficient (Wildman–Crippen LogP) is 13.3. The lowest BCUT2D eigenvalue weighted by atomic mass is 10.1. The number of ether oxygens (including phenoxy) is 2. The van der Waals surface area contributed by atoms with Crippen LogP contribution in [-0.4, -0.2) is 38.1 Å². The van der Waals surface area contributed by atoms with Gasteiger partial charge in [0.15, 0.2) is 0 Å². The van der Waals surface area contributed by atoms with Gasteiger partial charge in [0.1, 0.15) is 0 Å². The normalized spacial score (nSPS) is 11.9. The maximum absolute atomic E-state index is 12.9. The fourth-order valence-corrected chi connectivity index (χ4v) is 6.72. The molecule has 0 saturated heterocycles. The van der Waals surface area contributed by atoms with E-state index in [-0.39, 0.29) is 24.3 Å². The van der Waals surface area contributed by atoms with E-state index in [4.69, 9.17) is 9.47 Å². The van der Waals surface area contributed by atoms with E-state index in [0.29, 0.717) is 12.8 Å². The number of hydrogen-bond acceptors (Lipinski definition) is 6. The summed E-state index contributed by atoms with van der Waals surface area (Å²) in [4.78, 5) is 25.3. The molecule has 1 aromatic rings. The summed E-state index contributed by atoms with van der Waals surface area (Å²) < 4.78 is 43.8. The average Bonchev–Trinajstić information content (AvgIpc) is 3.13. The van der Waals surface area contributed by atoms with Crippen molar-refractivity contribution < 1.29 is 32.0 Å². The SMILES string of the molecule is CCCCCCCCCC/C=C/CCCCCCOC(=O)c1ccc(S(=O)(=O)O)cc1C(=O)OCCCCCC/C=C/CCCCCCCCCC. The average molecular weight is 747 g/mol. The van der Waals surface area contributed by atoms with Gasteiger partial charge in [-0.1, -0.05) is 154 Å². The Labute approximate surface area is 318 Å². The predicted molar refractivity (Wildman–Crippen MR) is 216 cm³/mol. The number of carbonyl (C=O) groups excluding carboxylic acids is 2. The molecule has 0 radical (unpaired) electrons. The summed E-state index contributed by atoms with van der Waals surface area (Å²) in [5.41, 5.74) is -0.293. The molecule has 0 unspecified atom stereocenters. The van der Waals surface area contributed by atoms with Crippen molar-refractivity contribution in [2.75, 3.05) is 13.2 Å². The third kappa shape index (κ3) is 26.3. The van der Waals surface area contributed by atoms with Gasteiger partial charge in [-0.15, -0.1) is 0 Å². The lowest BCUT2D eigenvalue weighted by Crippen LogP contribution is -2.16. The Morgan fingerprint density at radius 3 is 1.19 bits per heavy atom. The van der Waals surface area contributed by atoms with Crippen molar-refractivity contribution in [1.82, 2.24) is 0 Å². The zero-order chi connectivity index (χ0) is 38.0. The number of rotatable bonds is 35. The van der Waals surface area contributed by atoms with Crippen LogP contribution < -0.4 is 0 Å². The maximum atomic E-state index is 12.9. The van der Waals surface area contributed by atoms with Crippen molar-refractivity contribution in [3.8, 4) is 0 Å². The molecule has 52 heavy (non-hydrogen) atoms. The van der Waals surface area contributed by atoms with E-state index in [1.807, 2.05) is 0 Å². The molecular formula is C44H74O7S. The molecule has 0 aliphatic heterocycles. The Balaban J connectivity index is 2.27. The van der Waals surface area contributed by atoms with Crippen molar-refractivity contribution in [1.29, 1.82) is 0 Å². The first-order valence-corrected chi connectivity index (χ1v) is 22.5. The zero-order valence-corrected chi connectivity index (χ0v) is 33.9. The minimum absolute atomic E-state index is 0.0715. The molecule has 1 rings (SSSR count). The van der Waals surface area contributed by atoms with E-state index in [1.165, 1.54) is 109 Å². The van der Waals surface area contributed by atoms with Gasteiger partial charge in [0.2, 0.25) is 0 Å². The van der Waals surface area contributed by atoms with Gasteiger partial charge in [-0.3, -0.25) is 4.55 Å². The first kappa shape index (κ1) is 47.6. The van der Waals surface area contributed by atoms with Crippen LogP contribution in [0.4, 0.5) is 0 Å². The zero-order valence-electron chi connectivity index (χ0n) is 33.1. The highest BCUT2D eigenvalue weighted by atomic mass is 32.2. The monoisotopic (exact) mass is 747 g/mol. The lowest BCUT2D eigenvalue weighted by Gasteiger charge is -2.11. The van der Waals surface area contributed by atoms with Gasteiger partial charge in [0.25, 0.3) is 10.1 Å². The van der Waals surface area contributed by atoms with Crippen LogP contribution >= 0.6 is 0 Å². The largest absolute Gasteiger partial charge is 0.462 e. The smallest absolute Gasteiger partial charge is 0.339 e. The molecule has 0 aromatic heterocycles. The van der Waals surface area contributed by atoms with Crippen LogP contribution in [0.3, 0.4) is 0 Å². The molecule has 0 aliphatic rings. The third-order valence-electron chi connectivity index (χ3n) is 9.51. The van der Waals surface area contributed by atoms with Crippen molar-refractivity contribution in [2.24, 2.45) is 0 Å². The van der Waals surface area contributed by atoms with Crippen LogP contribution in [0.15, 0.2) is 47.4 Å². The Morgan fingerprint density at radius 2 is 0.827 bits per heavy atom. The second kappa shape index (κ2) is 33.1. The van der Waals surface area contributed by atoms with Crippen molar-refractivity contribution in [2.45, 2.75) is 199 Å². The van der Waals surface area contributed by atoms with Gasteiger partial charge in [0, 0.05) is 0 Å². The van der Waals surface area contributed by atoms with Crippen LogP contribution in [0, 0.1) is 0 Å². The highest BCUT2D eigenvalue weighted by molar-refractivity contribution is 7.85. The molecule has 1 N–H and O–H groups in total. The quantitative estimate of drug-likeness (QED) is 0.0319. The van der Waals surface area contributed by atoms with E-state index in [2.05, 4.69) is 38.2 Å². The molecule has 7 nitrogen and oxygen atoms in total. The molecule has 1 aromatic carbocycles. The van der Waals surface area contributed by atoms with Gasteiger partial charge < -0.3 is 9.47 Å². The number of hydrogen-bond donors (Lipinski definition) is 1. The maximum Gasteiger partial charge on any atom is 0.339 e. The molecule has 0 amide bonds. The summed E-state index contributed by atoms with van der Waals surface area (Å²) in [5, 5.41) is 0. The van der Waals surface area contributed by atoms with Crippen molar-refractivity contribution in [3.05, 3.63) is 53.6 Å². The molecule has 0 heterocycles. The summed E-state index contributed by atoms with van der Waals surface area (Å²) >= 11 is 0. The summed E-state index contributed by atoms with van der Waals surface area (Å²) in [6, 6.07) is 3.27. The van der Waals surface area contributed by atoms with Crippen LogP contribution in [0.25, 0.3) is 0 Å². The molecule has 0 fully saturated rings. The Hall–Kier alpha value is -2.45. The number of benzene rings is 1. The Bertz CT molecular complexity index is 1200. The van der Waals surface area contributed by atoms with Crippen LogP contribution in [0.1, 0.15) is 214 Å². The van der Waals surface area contributed by atoms with E-state index < -0.39 is 27.0 Å². The fourth-order valence-electron chi connectivity index (χ4n) is 6.22. The molecular weight excluding hydrogens is 673 g/mol. The molecule has 8 heteroatoms. The lowest BCUT2D eigenvalue weighted by molar-refractivity contribution is 0.0450. The molecule has 298 valence electrons. The third-order valence-corrected chi connectivity index (χ3v) is 10.4. The number of esters is 2. The first-order valence-electron chi connectivity index (χ1n) is 21.1. The van der Waals surface area contributed by atoms with Crippen LogP contribution in [0.2, 0.25) is 0 Å². The summed E-state index contributed by atoms with van der Waals surface area (Å²) in [5.74, 6) is -1.52. The van der Waals surface area contributed by atoms with Gasteiger partial charge >= 0.3 is 11.9 Å². The topological polar surface area (TPSA) is 107 Å². The highest BCUT2D eigenvalue weighted by Gasteiger charge is 2.23. The summed E-state index contributed by atoms with van der Waals surface area (Å²) in [7, 11) is -4.57. The molecule has 0 atom stereocenters. The van der Waals surface area contributed by atoms with Crippen LogP contribution in [0.5, 0.6) is 0 Å². The summed E-state index contributed by atoms with van der Waals surface area (Å²) in [6.07, 6.45) is 42.4. The Kier molecular flexibility index (Phi) is 30.3. The van der Waals surface area contributed by atoms with Gasteiger partial charge in [0.05, 0.1) is 29.2 Å². The number of allylic oxidation sites excluding steroid dienone is 4. The second-order valence-electron chi connectivity index (χ2n) is 14.3.